The van der Waals surface area contributed by atoms with E-state index >= 15 is 0 Å². The van der Waals surface area contributed by atoms with E-state index < -0.39 is 34.6 Å². The van der Waals surface area contributed by atoms with Gasteiger partial charge in [0.15, 0.2) is 17.2 Å². The van der Waals surface area contributed by atoms with E-state index in [-0.39, 0.29) is 5.75 Å². The lowest BCUT2D eigenvalue weighted by Gasteiger charge is -2.20. The number of halogens is 1. The predicted octanol–water partition coefficient (Wildman–Crippen LogP) is 1.04. The number of benzene rings is 1. The maximum absolute atomic E-state index is 13.4. The van der Waals surface area contributed by atoms with Crippen LogP contribution in [0.15, 0.2) is 18.2 Å². The minimum atomic E-state index is -1.94. The summed E-state index contributed by atoms with van der Waals surface area (Å²) in [6.07, 6.45) is 0. The molecule has 104 valence electrons. The average Bonchev–Trinajstić information content (AvgIpc) is 2.36. The zero-order chi connectivity index (χ0) is 14.6. The molecule has 0 bridgehead atoms. The summed E-state index contributed by atoms with van der Waals surface area (Å²) in [5, 5.41) is 20.1. The number of nitrogens with zero attached hydrogens (tertiary/aromatic N) is 1. The number of aliphatic hydroxyl groups is 1. The molecule has 0 aliphatic rings. The van der Waals surface area contributed by atoms with Gasteiger partial charge in [0.1, 0.15) is 6.61 Å². The molecule has 0 radical (unpaired) electrons. The topological polar surface area (TPSA) is 98.9 Å². The van der Waals surface area contributed by atoms with E-state index in [0.29, 0.717) is 6.07 Å². The molecule has 1 aromatic carbocycles. The molecule has 1 unspecified atom stereocenters. The van der Waals surface area contributed by atoms with Gasteiger partial charge in [-0.3, -0.25) is 10.1 Å². The lowest BCUT2D eigenvalue weighted by molar-refractivity contribution is -0.385. The lowest BCUT2D eigenvalue weighted by atomic mass is 10.1. The minimum Gasteiger partial charge on any atom is -0.487 e. The predicted molar refractivity (Wildman–Crippen MR) is 61.2 cm³/mol. The molecule has 0 amide bonds. The largest absolute Gasteiger partial charge is 0.487 e. The number of rotatable bonds is 5. The van der Waals surface area contributed by atoms with Crippen LogP contribution in [0.2, 0.25) is 0 Å². The van der Waals surface area contributed by atoms with Crippen molar-refractivity contribution in [2.45, 2.75) is 12.5 Å². The Morgan fingerprint density at radius 1 is 1.58 bits per heavy atom. The van der Waals surface area contributed by atoms with Crippen LogP contribution in [0, 0.1) is 15.9 Å². The normalized spacial score (nSPS) is 13.5. The van der Waals surface area contributed by atoms with Crippen LogP contribution in [0.5, 0.6) is 5.75 Å². The number of hydrogen-bond acceptors (Lipinski definition) is 6. The summed E-state index contributed by atoms with van der Waals surface area (Å²) >= 11 is 0. The third-order valence-electron chi connectivity index (χ3n) is 2.26. The molecular formula is C11H12FNO6. The molecule has 8 heteroatoms. The summed E-state index contributed by atoms with van der Waals surface area (Å²) in [6.45, 7) is 0.594. The molecule has 0 fully saturated rings. The second-order valence-electron chi connectivity index (χ2n) is 3.93. The molecule has 0 aliphatic carbocycles. The third-order valence-corrected chi connectivity index (χ3v) is 2.26. The van der Waals surface area contributed by atoms with Crippen LogP contribution in [0.1, 0.15) is 6.92 Å². The van der Waals surface area contributed by atoms with E-state index in [1.807, 2.05) is 0 Å². The molecule has 0 saturated heterocycles. The van der Waals surface area contributed by atoms with Gasteiger partial charge < -0.3 is 14.6 Å². The first-order valence-corrected chi connectivity index (χ1v) is 5.15. The number of carbonyl (C=O) groups excluding carboxylic acids is 1. The van der Waals surface area contributed by atoms with Gasteiger partial charge in [-0.2, -0.15) is 0 Å². The van der Waals surface area contributed by atoms with Crippen molar-refractivity contribution in [1.82, 2.24) is 0 Å². The number of nitro benzene ring substituents is 1. The number of methoxy groups -OCH3 is 1. The van der Waals surface area contributed by atoms with Crippen LogP contribution in [0.4, 0.5) is 10.1 Å². The van der Waals surface area contributed by atoms with Crippen LogP contribution in [0.3, 0.4) is 0 Å². The molecule has 0 aromatic heterocycles. The number of non-ortho nitro benzene ring substituents is 1. The highest BCUT2D eigenvalue weighted by Gasteiger charge is 2.33. The van der Waals surface area contributed by atoms with Crippen molar-refractivity contribution in [2.24, 2.45) is 0 Å². The molecule has 1 rings (SSSR count). The number of esters is 1. The monoisotopic (exact) mass is 273 g/mol. The zero-order valence-electron chi connectivity index (χ0n) is 10.3. The van der Waals surface area contributed by atoms with Gasteiger partial charge >= 0.3 is 5.97 Å². The molecule has 0 heterocycles. The van der Waals surface area contributed by atoms with Gasteiger partial charge in [-0.1, -0.05) is 0 Å². The van der Waals surface area contributed by atoms with Crippen LogP contribution in [0.25, 0.3) is 0 Å². The van der Waals surface area contributed by atoms with Gasteiger partial charge in [0, 0.05) is 6.07 Å². The highest BCUT2D eigenvalue weighted by atomic mass is 19.1. The van der Waals surface area contributed by atoms with Crippen LogP contribution >= 0.6 is 0 Å². The third kappa shape index (κ3) is 3.62. The highest BCUT2D eigenvalue weighted by molar-refractivity contribution is 5.78. The summed E-state index contributed by atoms with van der Waals surface area (Å²) in [5.74, 6) is -2.21. The van der Waals surface area contributed by atoms with Crippen LogP contribution < -0.4 is 4.74 Å². The van der Waals surface area contributed by atoms with Crippen molar-refractivity contribution >= 4 is 11.7 Å². The Morgan fingerprint density at radius 3 is 2.68 bits per heavy atom. The first-order valence-electron chi connectivity index (χ1n) is 5.15. The van der Waals surface area contributed by atoms with Gasteiger partial charge in [-0.15, -0.1) is 0 Å². The average molecular weight is 273 g/mol. The Labute approximate surface area is 107 Å². The molecule has 0 spiro atoms. The van der Waals surface area contributed by atoms with E-state index in [1.54, 1.807) is 0 Å². The second kappa shape index (κ2) is 5.61. The fourth-order valence-corrected chi connectivity index (χ4v) is 1.22. The molecule has 1 aromatic rings. The molecule has 19 heavy (non-hydrogen) atoms. The number of hydrogen-bond donors (Lipinski definition) is 1. The number of carbonyl (C=O) groups is 1. The summed E-state index contributed by atoms with van der Waals surface area (Å²) < 4.78 is 22.7. The smallest absolute Gasteiger partial charge is 0.341 e. The highest BCUT2D eigenvalue weighted by Crippen LogP contribution is 2.23. The molecule has 1 atom stereocenters. The molecule has 1 N–H and O–H groups in total. The Hall–Kier alpha value is -2.22. The standard InChI is InChI=1S/C11H12FNO6/c1-11(15,10(14)18-2)6-19-9-4-3-7(13(16)17)5-8(9)12/h3-5,15H,6H2,1-2H3. The number of ether oxygens (including phenoxy) is 2. The van der Waals surface area contributed by atoms with Gasteiger partial charge in [-0.25, -0.2) is 9.18 Å². The van der Waals surface area contributed by atoms with Gasteiger partial charge in [0.05, 0.1) is 18.1 Å². The van der Waals surface area contributed by atoms with E-state index in [2.05, 4.69) is 4.74 Å². The fourth-order valence-electron chi connectivity index (χ4n) is 1.22. The van der Waals surface area contributed by atoms with Crippen molar-refractivity contribution in [2.75, 3.05) is 13.7 Å². The fraction of sp³-hybridized carbons (Fsp3) is 0.364. The van der Waals surface area contributed by atoms with Crippen molar-refractivity contribution in [3.63, 3.8) is 0 Å². The van der Waals surface area contributed by atoms with Crippen LogP contribution in [-0.4, -0.2) is 35.3 Å². The Morgan fingerprint density at radius 2 is 2.21 bits per heavy atom. The summed E-state index contributed by atoms with van der Waals surface area (Å²) in [7, 11) is 1.09. The molecular weight excluding hydrogens is 261 g/mol. The molecule has 0 saturated carbocycles. The van der Waals surface area contributed by atoms with Crippen molar-refractivity contribution in [1.29, 1.82) is 0 Å². The van der Waals surface area contributed by atoms with E-state index in [0.717, 1.165) is 26.2 Å². The van der Waals surface area contributed by atoms with Crippen molar-refractivity contribution in [3.05, 3.63) is 34.1 Å². The zero-order valence-corrected chi connectivity index (χ0v) is 10.3. The molecule has 0 aliphatic heterocycles. The van der Waals surface area contributed by atoms with Crippen molar-refractivity contribution in [3.8, 4) is 5.75 Å². The van der Waals surface area contributed by atoms with Gasteiger partial charge in [0.25, 0.3) is 5.69 Å². The van der Waals surface area contributed by atoms with E-state index in [4.69, 9.17) is 4.74 Å². The maximum atomic E-state index is 13.4. The van der Waals surface area contributed by atoms with E-state index in [1.165, 1.54) is 0 Å². The van der Waals surface area contributed by atoms with Gasteiger partial charge in [-0.05, 0) is 13.0 Å². The SMILES string of the molecule is COC(=O)C(C)(O)COc1ccc([N+](=O)[O-])cc1F. The maximum Gasteiger partial charge on any atom is 0.341 e. The second-order valence-corrected chi connectivity index (χ2v) is 3.93. The van der Waals surface area contributed by atoms with E-state index in [9.17, 15) is 24.4 Å². The first-order chi connectivity index (χ1) is 8.77. The Bertz CT molecular complexity index is 502. The number of nitro groups is 1. The Balaban J connectivity index is 2.79. The quantitative estimate of drug-likeness (QED) is 0.489. The lowest BCUT2D eigenvalue weighted by Crippen LogP contribution is -2.42. The summed E-state index contributed by atoms with van der Waals surface area (Å²) in [6, 6.07) is 2.77. The summed E-state index contributed by atoms with van der Waals surface area (Å²) in [4.78, 5) is 20.8. The van der Waals surface area contributed by atoms with Gasteiger partial charge in [0.2, 0.25) is 0 Å². The molecule has 7 nitrogen and oxygen atoms in total. The minimum absolute atomic E-state index is 0.310. The Kier molecular flexibility index (Phi) is 4.38. The first kappa shape index (κ1) is 14.8. The van der Waals surface area contributed by atoms with Crippen LogP contribution in [-0.2, 0) is 9.53 Å². The summed E-state index contributed by atoms with van der Waals surface area (Å²) in [5.41, 5.74) is -2.37. The van der Waals surface area contributed by atoms with Crippen molar-refractivity contribution < 1.29 is 28.7 Å².